The lowest BCUT2D eigenvalue weighted by Gasteiger charge is -2.22. The van der Waals surface area contributed by atoms with E-state index in [0.717, 1.165) is 37.4 Å². The molecule has 0 amide bonds. The summed E-state index contributed by atoms with van der Waals surface area (Å²) in [5.41, 5.74) is 6.41. The molecule has 0 radical (unpaired) electrons. The molecule has 0 aromatic carbocycles. The third kappa shape index (κ3) is 1.21. The van der Waals surface area contributed by atoms with E-state index in [4.69, 9.17) is 5.73 Å². The number of aliphatic imine (C=N–C) groups is 1. The van der Waals surface area contributed by atoms with Crippen molar-refractivity contribution in [3.63, 3.8) is 0 Å². The van der Waals surface area contributed by atoms with Gasteiger partial charge >= 0.3 is 0 Å². The van der Waals surface area contributed by atoms with E-state index in [1.165, 1.54) is 0 Å². The van der Waals surface area contributed by atoms with Crippen LogP contribution in [0.25, 0.3) is 0 Å². The SMILES string of the molecule is CCN=C(N)N1CC2C(C1)C2(C)C. The van der Waals surface area contributed by atoms with Gasteiger partial charge in [0.1, 0.15) is 0 Å². The van der Waals surface area contributed by atoms with Crippen LogP contribution in [0.15, 0.2) is 4.99 Å². The maximum Gasteiger partial charge on any atom is 0.191 e. The highest BCUT2D eigenvalue weighted by molar-refractivity contribution is 5.78. The van der Waals surface area contributed by atoms with E-state index in [1.807, 2.05) is 6.92 Å². The van der Waals surface area contributed by atoms with Crippen molar-refractivity contribution in [3.8, 4) is 0 Å². The molecule has 2 fully saturated rings. The van der Waals surface area contributed by atoms with Crippen molar-refractivity contribution in [2.24, 2.45) is 28.0 Å². The zero-order valence-corrected chi connectivity index (χ0v) is 8.75. The molecule has 1 saturated carbocycles. The summed E-state index contributed by atoms with van der Waals surface area (Å²) in [5.74, 6) is 2.46. The number of likely N-dealkylation sites (tertiary alicyclic amines) is 1. The van der Waals surface area contributed by atoms with E-state index in [1.54, 1.807) is 0 Å². The molecule has 2 N–H and O–H groups in total. The van der Waals surface area contributed by atoms with Crippen LogP contribution in [0.3, 0.4) is 0 Å². The average molecular weight is 181 g/mol. The van der Waals surface area contributed by atoms with Crippen LogP contribution in [0, 0.1) is 17.3 Å². The van der Waals surface area contributed by atoms with Gasteiger partial charge in [-0.3, -0.25) is 4.99 Å². The first-order chi connectivity index (χ1) is 6.07. The number of hydrogen-bond donors (Lipinski definition) is 1. The van der Waals surface area contributed by atoms with Gasteiger partial charge in [-0.1, -0.05) is 13.8 Å². The first-order valence-corrected chi connectivity index (χ1v) is 5.12. The van der Waals surface area contributed by atoms with E-state index in [2.05, 4.69) is 23.7 Å². The van der Waals surface area contributed by atoms with Crippen molar-refractivity contribution in [1.82, 2.24) is 4.90 Å². The first-order valence-electron chi connectivity index (χ1n) is 5.12. The molecule has 1 aliphatic carbocycles. The van der Waals surface area contributed by atoms with Crippen LogP contribution in [-0.4, -0.2) is 30.5 Å². The summed E-state index contributed by atoms with van der Waals surface area (Å²) >= 11 is 0. The van der Waals surface area contributed by atoms with Crippen molar-refractivity contribution in [2.45, 2.75) is 20.8 Å². The van der Waals surface area contributed by atoms with Gasteiger partial charge in [0.05, 0.1) is 0 Å². The average Bonchev–Trinajstić information content (AvgIpc) is 2.53. The Morgan fingerprint density at radius 3 is 2.46 bits per heavy atom. The molecular weight excluding hydrogens is 162 g/mol. The normalized spacial score (nSPS) is 36.2. The van der Waals surface area contributed by atoms with Crippen LogP contribution in [0.2, 0.25) is 0 Å². The standard InChI is InChI=1S/C10H19N3/c1-4-12-9(11)13-5-7-8(6-13)10(7,2)3/h7-8H,4-6H2,1-3H3,(H2,11,12). The lowest BCUT2D eigenvalue weighted by molar-refractivity contribution is 0.359. The molecule has 0 spiro atoms. The Morgan fingerprint density at radius 1 is 1.46 bits per heavy atom. The Kier molecular flexibility index (Phi) is 1.79. The van der Waals surface area contributed by atoms with Crippen LogP contribution in [0.4, 0.5) is 0 Å². The molecule has 2 atom stereocenters. The monoisotopic (exact) mass is 181 g/mol. The number of nitrogens with two attached hydrogens (primary N) is 1. The molecule has 3 heteroatoms. The van der Waals surface area contributed by atoms with Crippen molar-refractivity contribution < 1.29 is 0 Å². The van der Waals surface area contributed by atoms with Gasteiger partial charge in [-0.25, -0.2) is 0 Å². The van der Waals surface area contributed by atoms with Crippen molar-refractivity contribution in [1.29, 1.82) is 0 Å². The number of hydrogen-bond acceptors (Lipinski definition) is 1. The highest BCUT2D eigenvalue weighted by atomic mass is 15.3. The topological polar surface area (TPSA) is 41.6 Å². The zero-order chi connectivity index (χ0) is 9.64. The minimum Gasteiger partial charge on any atom is -0.370 e. The summed E-state index contributed by atoms with van der Waals surface area (Å²) < 4.78 is 0. The van der Waals surface area contributed by atoms with Gasteiger partial charge in [0.15, 0.2) is 5.96 Å². The van der Waals surface area contributed by atoms with Gasteiger partial charge in [-0.15, -0.1) is 0 Å². The quantitative estimate of drug-likeness (QED) is 0.482. The van der Waals surface area contributed by atoms with E-state index < -0.39 is 0 Å². The summed E-state index contributed by atoms with van der Waals surface area (Å²) in [4.78, 5) is 6.46. The van der Waals surface area contributed by atoms with Gasteiger partial charge < -0.3 is 10.6 Å². The van der Waals surface area contributed by atoms with E-state index in [9.17, 15) is 0 Å². The third-order valence-corrected chi connectivity index (χ3v) is 3.77. The molecule has 0 aromatic rings. The molecule has 2 rings (SSSR count). The molecule has 0 aromatic heterocycles. The van der Waals surface area contributed by atoms with Crippen LogP contribution >= 0.6 is 0 Å². The second kappa shape index (κ2) is 2.63. The van der Waals surface area contributed by atoms with Gasteiger partial charge in [0.25, 0.3) is 0 Å². The summed E-state index contributed by atoms with van der Waals surface area (Å²) in [6.07, 6.45) is 0. The number of rotatable bonds is 1. The van der Waals surface area contributed by atoms with E-state index in [-0.39, 0.29) is 0 Å². The molecular formula is C10H19N3. The molecule has 1 heterocycles. The van der Waals surface area contributed by atoms with Crippen LogP contribution < -0.4 is 5.73 Å². The molecule has 13 heavy (non-hydrogen) atoms. The van der Waals surface area contributed by atoms with Crippen LogP contribution in [0.5, 0.6) is 0 Å². The predicted octanol–water partition coefficient (Wildman–Crippen LogP) is 0.909. The highest BCUT2D eigenvalue weighted by Gasteiger charge is 2.62. The molecule has 3 nitrogen and oxygen atoms in total. The molecule has 0 bridgehead atoms. The molecule has 2 aliphatic rings. The van der Waals surface area contributed by atoms with Gasteiger partial charge in [0, 0.05) is 19.6 Å². The van der Waals surface area contributed by atoms with E-state index in [0.29, 0.717) is 5.41 Å². The molecule has 1 saturated heterocycles. The van der Waals surface area contributed by atoms with Crippen LogP contribution in [-0.2, 0) is 0 Å². The van der Waals surface area contributed by atoms with Gasteiger partial charge in [-0.05, 0) is 24.2 Å². The summed E-state index contributed by atoms with van der Waals surface area (Å²) in [6.45, 7) is 9.76. The third-order valence-electron chi connectivity index (χ3n) is 3.77. The molecule has 1 aliphatic heterocycles. The van der Waals surface area contributed by atoms with E-state index >= 15 is 0 Å². The smallest absolute Gasteiger partial charge is 0.191 e. The Hall–Kier alpha value is -0.730. The lowest BCUT2D eigenvalue weighted by Crippen LogP contribution is -2.38. The van der Waals surface area contributed by atoms with Gasteiger partial charge in [0.2, 0.25) is 0 Å². The number of nitrogens with zero attached hydrogens (tertiary/aromatic N) is 2. The summed E-state index contributed by atoms with van der Waals surface area (Å²) in [6, 6.07) is 0. The maximum absolute atomic E-state index is 5.84. The molecule has 74 valence electrons. The minimum absolute atomic E-state index is 0.572. The van der Waals surface area contributed by atoms with Crippen molar-refractivity contribution in [2.75, 3.05) is 19.6 Å². The molecule has 2 unspecified atom stereocenters. The minimum atomic E-state index is 0.572. The Balaban J connectivity index is 1.94. The fraction of sp³-hybridized carbons (Fsp3) is 0.900. The maximum atomic E-state index is 5.84. The first kappa shape index (κ1) is 8.85. The Bertz CT molecular complexity index is 231. The second-order valence-corrected chi connectivity index (χ2v) is 4.77. The fourth-order valence-electron chi connectivity index (χ4n) is 2.58. The van der Waals surface area contributed by atoms with Crippen molar-refractivity contribution in [3.05, 3.63) is 0 Å². The highest BCUT2D eigenvalue weighted by Crippen LogP contribution is 2.61. The van der Waals surface area contributed by atoms with Crippen LogP contribution in [0.1, 0.15) is 20.8 Å². The summed E-state index contributed by atoms with van der Waals surface area (Å²) in [5, 5.41) is 0. The number of fused-ring (bicyclic) bond motifs is 1. The predicted molar refractivity (Wildman–Crippen MR) is 54.5 cm³/mol. The Morgan fingerprint density at radius 2 is 2.00 bits per heavy atom. The lowest BCUT2D eigenvalue weighted by atomic mass is 10.1. The fourth-order valence-corrected chi connectivity index (χ4v) is 2.58. The van der Waals surface area contributed by atoms with Gasteiger partial charge in [-0.2, -0.15) is 0 Å². The largest absolute Gasteiger partial charge is 0.370 e. The number of piperidine rings is 1. The summed E-state index contributed by atoms with van der Waals surface area (Å²) in [7, 11) is 0. The van der Waals surface area contributed by atoms with Crippen molar-refractivity contribution >= 4 is 5.96 Å². The number of guanidine groups is 1. The second-order valence-electron chi connectivity index (χ2n) is 4.77. The zero-order valence-electron chi connectivity index (χ0n) is 8.75. The Labute approximate surface area is 80.0 Å².